The Labute approximate surface area is 95.7 Å². The van der Waals surface area contributed by atoms with E-state index in [1.165, 1.54) is 0 Å². The average molecular weight is 247 g/mol. The molecule has 0 atom stereocenters. The summed E-state index contributed by atoms with van der Waals surface area (Å²) in [6.45, 7) is 0. The molecular formula is C11H12F3NO2. The Morgan fingerprint density at radius 1 is 1.24 bits per heavy atom. The van der Waals surface area contributed by atoms with Crippen molar-refractivity contribution < 1.29 is 23.4 Å². The highest BCUT2D eigenvalue weighted by Crippen LogP contribution is 2.43. The van der Waals surface area contributed by atoms with Crippen LogP contribution in [0.2, 0.25) is 0 Å². The number of benzene rings is 1. The van der Waals surface area contributed by atoms with Gasteiger partial charge >= 0.3 is 6.18 Å². The molecule has 0 amide bonds. The third kappa shape index (κ3) is 2.46. The van der Waals surface area contributed by atoms with Gasteiger partial charge in [0, 0.05) is 5.54 Å². The van der Waals surface area contributed by atoms with Crippen LogP contribution in [0.25, 0.3) is 0 Å². The second-order valence-corrected chi connectivity index (χ2v) is 4.54. The molecule has 0 aromatic heterocycles. The number of alkyl halides is 3. The van der Waals surface area contributed by atoms with Gasteiger partial charge in [-0.25, -0.2) is 0 Å². The zero-order valence-corrected chi connectivity index (χ0v) is 8.88. The minimum atomic E-state index is -4.69. The predicted molar refractivity (Wildman–Crippen MR) is 54.6 cm³/mol. The molecule has 0 bridgehead atoms. The Bertz CT molecular complexity index is 453. The topological polar surface area (TPSA) is 66.5 Å². The zero-order valence-electron chi connectivity index (χ0n) is 8.88. The summed E-state index contributed by atoms with van der Waals surface area (Å²) in [5.74, 6) is -1.36. The van der Waals surface area contributed by atoms with E-state index >= 15 is 0 Å². The van der Waals surface area contributed by atoms with Crippen LogP contribution in [-0.4, -0.2) is 15.8 Å². The fraction of sp³-hybridized carbons (Fsp3) is 0.455. The van der Waals surface area contributed by atoms with Crippen molar-refractivity contribution in [3.05, 3.63) is 23.3 Å². The summed E-state index contributed by atoms with van der Waals surface area (Å²) in [7, 11) is 0. The quantitative estimate of drug-likeness (QED) is 0.701. The van der Waals surface area contributed by atoms with Gasteiger partial charge in [0.25, 0.3) is 0 Å². The molecule has 0 saturated heterocycles. The van der Waals surface area contributed by atoms with E-state index in [1.807, 2.05) is 0 Å². The van der Waals surface area contributed by atoms with E-state index in [0.29, 0.717) is 18.9 Å². The maximum atomic E-state index is 12.6. The van der Waals surface area contributed by atoms with Crippen LogP contribution in [0.15, 0.2) is 12.1 Å². The van der Waals surface area contributed by atoms with E-state index in [2.05, 4.69) is 0 Å². The van der Waals surface area contributed by atoms with Crippen molar-refractivity contribution in [2.24, 2.45) is 5.73 Å². The Morgan fingerprint density at radius 3 is 2.29 bits per heavy atom. The van der Waals surface area contributed by atoms with Crippen molar-refractivity contribution >= 4 is 0 Å². The van der Waals surface area contributed by atoms with E-state index < -0.39 is 28.8 Å². The van der Waals surface area contributed by atoms with Gasteiger partial charge in [-0.15, -0.1) is 0 Å². The van der Waals surface area contributed by atoms with Crippen molar-refractivity contribution in [1.82, 2.24) is 0 Å². The second kappa shape index (κ2) is 3.53. The summed E-state index contributed by atoms with van der Waals surface area (Å²) in [4.78, 5) is 0. The number of hydrogen-bond donors (Lipinski definition) is 3. The Morgan fingerprint density at radius 2 is 1.82 bits per heavy atom. The second-order valence-electron chi connectivity index (χ2n) is 4.54. The van der Waals surface area contributed by atoms with Crippen LogP contribution in [0.3, 0.4) is 0 Å². The molecule has 17 heavy (non-hydrogen) atoms. The van der Waals surface area contributed by atoms with Gasteiger partial charge in [0.05, 0.1) is 0 Å². The van der Waals surface area contributed by atoms with Crippen LogP contribution in [0.5, 0.6) is 11.5 Å². The first-order chi connectivity index (χ1) is 7.71. The molecule has 1 saturated carbocycles. The van der Waals surface area contributed by atoms with Crippen LogP contribution >= 0.6 is 0 Å². The van der Waals surface area contributed by atoms with E-state index in [-0.39, 0.29) is 12.0 Å². The third-order valence-electron chi connectivity index (χ3n) is 2.91. The molecule has 0 unspecified atom stereocenters. The van der Waals surface area contributed by atoms with Crippen molar-refractivity contribution in [3.63, 3.8) is 0 Å². The highest BCUT2D eigenvalue weighted by molar-refractivity contribution is 5.48. The highest BCUT2D eigenvalue weighted by Gasteiger charge is 2.41. The first-order valence-corrected chi connectivity index (χ1v) is 5.12. The molecule has 0 spiro atoms. The fourth-order valence-corrected chi connectivity index (χ4v) is 1.75. The van der Waals surface area contributed by atoms with Gasteiger partial charge in [0.15, 0.2) is 0 Å². The van der Waals surface area contributed by atoms with Crippen molar-refractivity contribution in [2.45, 2.75) is 31.0 Å². The lowest BCUT2D eigenvalue weighted by atomic mass is 10.00. The van der Waals surface area contributed by atoms with E-state index in [0.717, 1.165) is 6.07 Å². The molecule has 94 valence electrons. The Kier molecular flexibility index (Phi) is 2.50. The van der Waals surface area contributed by atoms with Crippen LogP contribution < -0.4 is 5.73 Å². The van der Waals surface area contributed by atoms with Gasteiger partial charge in [-0.1, -0.05) is 0 Å². The standard InChI is InChI=1S/C11H12F3NO2/c12-11(13,14)8-4-7(16)3-6(9(8)17)5-10(15)1-2-10/h3-4,16-17H,1-2,5,15H2. The summed E-state index contributed by atoms with van der Waals surface area (Å²) in [5.41, 5.74) is 4.06. The molecule has 1 aliphatic rings. The maximum Gasteiger partial charge on any atom is 0.420 e. The minimum Gasteiger partial charge on any atom is -0.508 e. The van der Waals surface area contributed by atoms with E-state index in [1.54, 1.807) is 0 Å². The molecule has 4 N–H and O–H groups in total. The summed E-state index contributed by atoms with van der Waals surface area (Å²) in [6, 6.07) is 1.63. The number of aromatic hydroxyl groups is 2. The van der Waals surface area contributed by atoms with Crippen LogP contribution in [0, 0.1) is 0 Å². The van der Waals surface area contributed by atoms with Crippen LogP contribution in [0.4, 0.5) is 13.2 Å². The molecule has 0 heterocycles. The number of rotatable bonds is 2. The van der Waals surface area contributed by atoms with Gasteiger partial charge in [-0.05, 0) is 37.0 Å². The lowest BCUT2D eigenvalue weighted by Crippen LogP contribution is -2.24. The van der Waals surface area contributed by atoms with Crippen LogP contribution in [0.1, 0.15) is 24.0 Å². The number of halogens is 3. The lowest BCUT2D eigenvalue weighted by molar-refractivity contribution is -0.138. The van der Waals surface area contributed by atoms with Gasteiger partial charge in [0.1, 0.15) is 17.1 Å². The minimum absolute atomic E-state index is 0.0392. The average Bonchev–Trinajstić information content (AvgIpc) is 2.87. The summed E-state index contributed by atoms with van der Waals surface area (Å²) in [6.07, 6.45) is -3.13. The Hall–Kier alpha value is -1.43. The van der Waals surface area contributed by atoms with Gasteiger partial charge in [-0.2, -0.15) is 13.2 Å². The number of phenolic OH excluding ortho intramolecular Hbond substituents is 2. The van der Waals surface area contributed by atoms with Crippen molar-refractivity contribution in [3.8, 4) is 11.5 Å². The molecule has 2 rings (SSSR count). The smallest absolute Gasteiger partial charge is 0.420 e. The first kappa shape index (κ1) is 12.0. The third-order valence-corrected chi connectivity index (χ3v) is 2.91. The van der Waals surface area contributed by atoms with Crippen LogP contribution in [-0.2, 0) is 12.6 Å². The molecule has 1 aromatic rings. The summed E-state index contributed by atoms with van der Waals surface area (Å²) in [5, 5.41) is 18.8. The molecule has 1 aromatic carbocycles. The van der Waals surface area contributed by atoms with E-state index in [4.69, 9.17) is 5.73 Å². The van der Waals surface area contributed by atoms with Crippen molar-refractivity contribution in [2.75, 3.05) is 0 Å². The molecule has 1 aliphatic carbocycles. The normalized spacial score (nSPS) is 18.1. The fourth-order valence-electron chi connectivity index (χ4n) is 1.75. The number of nitrogens with two attached hydrogens (primary N) is 1. The molecule has 1 fully saturated rings. The first-order valence-electron chi connectivity index (χ1n) is 5.12. The molecule has 0 radical (unpaired) electrons. The van der Waals surface area contributed by atoms with Gasteiger partial charge in [0.2, 0.25) is 0 Å². The molecule has 6 heteroatoms. The number of phenols is 2. The van der Waals surface area contributed by atoms with E-state index in [9.17, 15) is 23.4 Å². The predicted octanol–water partition coefficient (Wildman–Crippen LogP) is 2.15. The Balaban J connectivity index is 2.42. The summed E-state index contributed by atoms with van der Waals surface area (Å²) < 4.78 is 37.7. The molecule has 0 aliphatic heterocycles. The largest absolute Gasteiger partial charge is 0.508 e. The number of hydrogen-bond acceptors (Lipinski definition) is 3. The maximum absolute atomic E-state index is 12.6. The summed E-state index contributed by atoms with van der Waals surface area (Å²) >= 11 is 0. The lowest BCUT2D eigenvalue weighted by Gasteiger charge is -2.15. The molecule has 3 nitrogen and oxygen atoms in total. The van der Waals surface area contributed by atoms with Crippen molar-refractivity contribution in [1.29, 1.82) is 0 Å². The SMILES string of the molecule is NC1(Cc2cc(O)cc(C(F)(F)F)c2O)CC1. The zero-order chi connectivity index (χ0) is 12.8. The van der Waals surface area contributed by atoms with Gasteiger partial charge in [-0.3, -0.25) is 0 Å². The molecular weight excluding hydrogens is 235 g/mol. The highest BCUT2D eigenvalue weighted by atomic mass is 19.4. The monoisotopic (exact) mass is 247 g/mol. The van der Waals surface area contributed by atoms with Gasteiger partial charge < -0.3 is 15.9 Å².